The molecule has 0 saturated heterocycles. The number of likely N-dealkylation sites (N-methyl/N-ethyl adjacent to an activating group) is 1. The average molecular weight is 299 g/mol. The molecule has 1 unspecified atom stereocenters. The van der Waals surface area contributed by atoms with Crippen molar-refractivity contribution in [3.63, 3.8) is 0 Å². The lowest BCUT2D eigenvalue weighted by molar-refractivity contribution is 0.119. The minimum Gasteiger partial charge on any atom is -0.387 e. The van der Waals surface area contributed by atoms with Crippen LogP contribution in [0.25, 0.3) is 0 Å². The van der Waals surface area contributed by atoms with Gasteiger partial charge in [0.2, 0.25) is 0 Å². The molecule has 0 aliphatic carbocycles. The molecule has 0 fully saturated rings. The number of nitrogens with zero attached hydrogens (tertiary/aromatic N) is 1. The molecule has 5 heteroatoms. The summed E-state index contributed by atoms with van der Waals surface area (Å²) in [4.78, 5) is 2.16. The molecule has 1 aromatic rings. The predicted molar refractivity (Wildman–Crippen MR) is 76.5 cm³/mol. The summed E-state index contributed by atoms with van der Waals surface area (Å²) in [6, 6.07) is 5.24. The lowest BCUT2D eigenvalue weighted by Gasteiger charge is -2.22. The molecule has 0 aromatic heterocycles. The van der Waals surface area contributed by atoms with Gasteiger partial charge in [-0.1, -0.05) is 43.1 Å². The van der Waals surface area contributed by atoms with Crippen molar-refractivity contribution in [2.24, 2.45) is 0 Å². The van der Waals surface area contributed by atoms with Crippen LogP contribution < -0.4 is 0 Å². The largest absolute Gasteiger partial charge is 0.387 e. The van der Waals surface area contributed by atoms with Crippen LogP contribution in [0, 0.1) is 0 Å². The van der Waals surface area contributed by atoms with Gasteiger partial charge in [0.05, 0.1) is 16.1 Å². The van der Waals surface area contributed by atoms with Crippen molar-refractivity contribution in [1.29, 1.82) is 0 Å². The molecular weight excluding hydrogens is 280 g/mol. The quantitative estimate of drug-likeness (QED) is 0.894. The van der Waals surface area contributed by atoms with E-state index in [2.05, 4.69) is 18.7 Å². The Kier molecular flexibility index (Phi) is 8.18. The van der Waals surface area contributed by atoms with Crippen molar-refractivity contribution < 1.29 is 5.11 Å². The fraction of sp³-hybridized carbons (Fsp3) is 0.500. The summed E-state index contributed by atoms with van der Waals surface area (Å²) in [7, 11) is 0. The molecule has 1 rings (SSSR count). The van der Waals surface area contributed by atoms with Crippen LogP contribution in [-0.2, 0) is 0 Å². The molecule has 0 heterocycles. The normalized spacial score (nSPS) is 12.4. The number of aliphatic hydroxyl groups excluding tert-OH is 1. The molecule has 0 aliphatic rings. The fourth-order valence-corrected chi connectivity index (χ4v) is 1.86. The number of hydrogen-bond donors (Lipinski definition) is 1. The third kappa shape index (κ3) is 5.02. The van der Waals surface area contributed by atoms with E-state index in [0.29, 0.717) is 16.6 Å². The second-order valence-electron chi connectivity index (χ2n) is 3.68. The highest BCUT2D eigenvalue weighted by molar-refractivity contribution is 6.42. The highest BCUT2D eigenvalue weighted by Crippen LogP contribution is 2.25. The first-order valence-electron chi connectivity index (χ1n) is 5.43. The molecule has 0 aliphatic heterocycles. The van der Waals surface area contributed by atoms with Crippen LogP contribution in [0.15, 0.2) is 18.2 Å². The molecule has 0 radical (unpaired) electrons. The number of rotatable bonds is 5. The molecule has 0 amide bonds. The molecule has 2 nitrogen and oxygen atoms in total. The van der Waals surface area contributed by atoms with E-state index in [1.165, 1.54) is 0 Å². The second kappa shape index (κ2) is 8.17. The van der Waals surface area contributed by atoms with Crippen molar-refractivity contribution >= 4 is 35.6 Å². The summed E-state index contributed by atoms with van der Waals surface area (Å²) < 4.78 is 0. The van der Waals surface area contributed by atoms with Crippen LogP contribution in [0.5, 0.6) is 0 Å². The van der Waals surface area contributed by atoms with E-state index in [4.69, 9.17) is 23.2 Å². The number of benzene rings is 1. The molecule has 0 saturated carbocycles. The van der Waals surface area contributed by atoms with Gasteiger partial charge >= 0.3 is 0 Å². The van der Waals surface area contributed by atoms with Crippen molar-refractivity contribution in [2.75, 3.05) is 19.6 Å². The van der Waals surface area contributed by atoms with Gasteiger partial charge in [0.25, 0.3) is 0 Å². The Labute approximate surface area is 119 Å². The zero-order chi connectivity index (χ0) is 12.1. The zero-order valence-corrected chi connectivity index (χ0v) is 12.3. The van der Waals surface area contributed by atoms with Crippen LogP contribution in [0.4, 0.5) is 0 Å². The van der Waals surface area contributed by atoms with Crippen LogP contribution in [-0.4, -0.2) is 29.6 Å². The Morgan fingerprint density at radius 2 is 1.76 bits per heavy atom. The van der Waals surface area contributed by atoms with Gasteiger partial charge in [-0.05, 0) is 30.8 Å². The molecule has 1 N–H and O–H groups in total. The van der Waals surface area contributed by atoms with Crippen molar-refractivity contribution in [2.45, 2.75) is 20.0 Å². The van der Waals surface area contributed by atoms with Crippen LogP contribution >= 0.6 is 35.6 Å². The first-order valence-corrected chi connectivity index (χ1v) is 6.19. The Hall–Kier alpha value is 0.01000. The van der Waals surface area contributed by atoms with Crippen molar-refractivity contribution in [1.82, 2.24) is 4.90 Å². The van der Waals surface area contributed by atoms with E-state index < -0.39 is 6.10 Å². The first kappa shape index (κ1) is 17.0. The maximum Gasteiger partial charge on any atom is 0.0917 e. The topological polar surface area (TPSA) is 23.5 Å². The van der Waals surface area contributed by atoms with E-state index in [0.717, 1.165) is 18.7 Å². The summed E-state index contributed by atoms with van der Waals surface area (Å²) >= 11 is 11.7. The van der Waals surface area contributed by atoms with Gasteiger partial charge < -0.3 is 10.0 Å². The molecule has 98 valence electrons. The molecule has 0 bridgehead atoms. The fourth-order valence-electron chi connectivity index (χ4n) is 1.55. The van der Waals surface area contributed by atoms with Gasteiger partial charge in [-0.15, -0.1) is 12.4 Å². The van der Waals surface area contributed by atoms with Crippen LogP contribution in [0.1, 0.15) is 25.5 Å². The minimum atomic E-state index is -0.519. The third-order valence-corrected chi connectivity index (χ3v) is 3.39. The summed E-state index contributed by atoms with van der Waals surface area (Å²) in [5.74, 6) is 0. The Morgan fingerprint density at radius 3 is 2.24 bits per heavy atom. The molecule has 1 atom stereocenters. The highest BCUT2D eigenvalue weighted by atomic mass is 35.5. The number of aliphatic hydroxyl groups is 1. The van der Waals surface area contributed by atoms with Gasteiger partial charge in [-0.2, -0.15) is 0 Å². The smallest absolute Gasteiger partial charge is 0.0917 e. The van der Waals surface area contributed by atoms with Gasteiger partial charge in [0, 0.05) is 6.54 Å². The van der Waals surface area contributed by atoms with Gasteiger partial charge in [0.1, 0.15) is 0 Å². The minimum absolute atomic E-state index is 0. The molecule has 1 aromatic carbocycles. The number of halogens is 3. The first-order chi connectivity index (χ1) is 7.58. The maximum absolute atomic E-state index is 10.0. The SMILES string of the molecule is CCN(CC)CC(O)c1ccc(Cl)c(Cl)c1.Cl. The van der Waals surface area contributed by atoms with Crippen molar-refractivity contribution in [3.8, 4) is 0 Å². The van der Waals surface area contributed by atoms with Gasteiger partial charge in [-0.3, -0.25) is 0 Å². The zero-order valence-electron chi connectivity index (χ0n) is 9.99. The second-order valence-corrected chi connectivity index (χ2v) is 4.49. The Bertz CT molecular complexity index is 343. The summed E-state index contributed by atoms with van der Waals surface area (Å²) in [6.07, 6.45) is -0.519. The van der Waals surface area contributed by atoms with E-state index in [9.17, 15) is 5.11 Å². The lowest BCUT2D eigenvalue weighted by atomic mass is 10.1. The predicted octanol–water partition coefficient (Wildman–Crippen LogP) is 3.79. The molecule has 0 spiro atoms. The van der Waals surface area contributed by atoms with E-state index >= 15 is 0 Å². The van der Waals surface area contributed by atoms with Crippen LogP contribution in [0.3, 0.4) is 0 Å². The van der Waals surface area contributed by atoms with E-state index in [1.54, 1.807) is 12.1 Å². The van der Waals surface area contributed by atoms with Gasteiger partial charge in [0.15, 0.2) is 0 Å². The maximum atomic E-state index is 10.0. The van der Waals surface area contributed by atoms with Crippen LogP contribution in [0.2, 0.25) is 10.0 Å². The van der Waals surface area contributed by atoms with E-state index in [1.807, 2.05) is 6.07 Å². The van der Waals surface area contributed by atoms with E-state index in [-0.39, 0.29) is 12.4 Å². The van der Waals surface area contributed by atoms with Crippen molar-refractivity contribution in [3.05, 3.63) is 33.8 Å². The summed E-state index contributed by atoms with van der Waals surface area (Å²) in [5.41, 5.74) is 0.807. The number of hydrogen-bond acceptors (Lipinski definition) is 2. The standard InChI is InChI=1S/C12H17Cl2NO.ClH/c1-3-15(4-2)8-12(16)9-5-6-10(13)11(14)7-9;/h5-7,12,16H,3-4,8H2,1-2H3;1H. The monoisotopic (exact) mass is 297 g/mol. The third-order valence-electron chi connectivity index (χ3n) is 2.65. The Balaban J connectivity index is 0.00000256. The summed E-state index contributed by atoms with van der Waals surface area (Å²) in [6.45, 7) is 6.62. The summed E-state index contributed by atoms with van der Waals surface area (Å²) in [5, 5.41) is 11.0. The Morgan fingerprint density at radius 1 is 1.18 bits per heavy atom. The lowest BCUT2D eigenvalue weighted by Crippen LogP contribution is -2.28. The molecular formula is C12H18Cl3NO. The highest BCUT2D eigenvalue weighted by Gasteiger charge is 2.12. The van der Waals surface area contributed by atoms with Gasteiger partial charge in [-0.25, -0.2) is 0 Å². The average Bonchev–Trinajstić information content (AvgIpc) is 2.29. The molecule has 17 heavy (non-hydrogen) atoms.